The zero-order valence-corrected chi connectivity index (χ0v) is 13.6. The molecule has 2 aromatic rings. The summed E-state index contributed by atoms with van der Waals surface area (Å²) in [5.41, 5.74) is 1.01. The summed E-state index contributed by atoms with van der Waals surface area (Å²) < 4.78 is 5.36. The largest absolute Gasteiger partial charge is 0.477 e. The normalized spacial score (nSPS) is 10.2. The number of nitro groups is 1. The first-order chi connectivity index (χ1) is 11.6. The molecule has 2 aromatic carbocycles. The highest BCUT2D eigenvalue weighted by molar-refractivity contribution is 5.77. The molecule has 0 aliphatic carbocycles. The zero-order valence-electron chi connectivity index (χ0n) is 13.6. The third-order valence-corrected chi connectivity index (χ3v) is 3.66. The molecule has 0 N–H and O–H groups in total. The molecule has 1 amide bonds. The van der Waals surface area contributed by atoms with Gasteiger partial charge in [0.25, 0.3) is 5.91 Å². The quantitative estimate of drug-likeness (QED) is 0.551. The number of benzene rings is 2. The van der Waals surface area contributed by atoms with Crippen molar-refractivity contribution in [3.05, 3.63) is 70.3 Å². The van der Waals surface area contributed by atoms with E-state index in [2.05, 4.69) is 0 Å². The lowest BCUT2D eigenvalue weighted by Crippen LogP contribution is -2.36. The van der Waals surface area contributed by atoms with Crippen LogP contribution < -0.4 is 4.74 Å². The maximum absolute atomic E-state index is 12.3. The number of likely N-dealkylation sites (N-methyl/N-ethyl adjacent to an activating group) is 1. The van der Waals surface area contributed by atoms with Gasteiger partial charge in [-0.25, -0.2) is 0 Å². The van der Waals surface area contributed by atoms with Crippen LogP contribution in [-0.4, -0.2) is 35.4 Å². The molecular formula is C18H20N2O4. The SMILES string of the molecule is CCN(CCc1ccccc1)C(=O)COc1ccccc1[N+](=O)[O-]. The molecule has 0 fully saturated rings. The van der Waals surface area contributed by atoms with E-state index in [0.29, 0.717) is 13.1 Å². The van der Waals surface area contributed by atoms with Crippen molar-refractivity contribution in [2.24, 2.45) is 0 Å². The highest BCUT2D eigenvalue weighted by Crippen LogP contribution is 2.25. The van der Waals surface area contributed by atoms with Crippen LogP contribution in [0.2, 0.25) is 0 Å². The highest BCUT2D eigenvalue weighted by atomic mass is 16.6. The van der Waals surface area contributed by atoms with E-state index in [9.17, 15) is 14.9 Å². The van der Waals surface area contributed by atoms with Gasteiger partial charge in [0, 0.05) is 19.2 Å². The fourth-order valence-electron chi connectivity index (χ4n) is 2.33. The summed E-state index contributed by atoms with van der Waals surface area (Å²) in [5, 5.41) is 10.9. The summed E-state index contributed by atoms with van der Waals surface area (Å²) in [6, 6.07) is 16.0. The van der Waals surface area contributed by atoms with Gasteiger partial charge in [-0.2, -0.15) is 0 Å². The van der Waals surface area contributed by atoms with E-state index < -0.39 is 4.92 Å². The van der Waals surface area contributed by atoms with Crippen LogP contribution >= 0.6 is 0 Å². The van der Waals surface area contributed by atoms with Gasteiger partial charge in [-0.05, 0) is 25.0 Å². The third kappa shape index (κ3) is 4.81. The van der Waals surface area contributed by atoms with E-state index in [4.69, 9.17) is 4.74 Å². The van der Waals surface area contributed by atoms with Crippen LogP contribution in [0.4, 0.5) is 5.69 Å². The average molecular weight is 328 g/mol. The maximum Gasteiger partial charge on any atom is 0.310 e. The Bertz CT molecular complexity index is 688. The lowest BCUT2D eigenvalue weighted by molar-refractivity contribution is -0.385. The van der Waals surface area contributed by atoms with E-state index in [1.54, 1.807) is 17.0 Å². The van der Waals surface area contributed by atoms with Crippen molar-refractivity contribution in [2.45, 2.75) is 13.3 Å². The molecule has 0 unspecified atom stereocenters. The zero-order chi connectivity index (χ0) is 17.4. The molecule has 126 valence electrons. The molecule has 0 atom stereocenters. The minimum atomic E-state index is -0.521. The second kappa shape index (κ2) is 8.67. The Labute approximate surface area is 140 Å². The van der Waals surface area contributed by atoms with E-state index >= 15 is 0 Å². The molecule has 2 rings (SSSR count). The summed E-state index contributed by atoms with van der Waals surface area (Å²) in [7, 11) is 0. The lowest BCUT2D eigenvalue weighted by Gasteiger charge is -2.21. The molecule has 0 heterocycles. The summed E-state index contributed by atoms with van der Waals surface area (Å²) in [4.78, 5) is 24.4. The van der Waals surface area contributed by atoms with Gasteiger partial charge >= 0.3 is 5.69 Å². The monoisotopic (exact) mass is 328 g/mol. The van der Waals surface area contributed by atoms with E-state index in [1.165, 1.54) is 12.1 Å². The fourth-order valence-corrected chi connectivity index (χ4v) is 2.33. The van der Waals surface area contributed by atoms with Crippen LogP contribution in [0.5, 0.6) is 5.75 Å². The second-order valence-corrected chi connectivity index (χ2v) is 5.22. The van der Waals surface area contributed by atoms with E-state index in [-0.39, 0.29) is 24.0 Å². The second-order valence-electron chi connectivity index (χ2n) is 5.22. The van der Waals surface area contributed by atoms with Crippen molar-refractivity contribution >= 4 is 11.6 Å². The Kier molecular flexibility index (Phi) is 6.31. The number of rotatable bonds is 8. The highest BCUT2D eigenvalue weighted by Gasteiger charge is 2.17. The molecule has 24 heavy (non-hydrogen) atoms. The Morgan fingerprint density at radius 1 is 1.12 bits per heavy atom. The van der Waals surface area contributed by atoms with Crippen LogP contribution in [0.1, 0.15) is 12.5 Å². The number of para-hydroxylation sites is 2. The topological polar surface area (TPSA) is 72.7 Å². The minimum absolute atomic E-state index is 0.106. The van der Waals surface area contributed by atoms with Crippen LogP contribution in [0.15, 0.2) is 54.6 Å². The Morgan fingerprint density at radius 3 is 2.46 bits per heavy atom. The van der Waals surface area contributed by atoms with Crippen molar-refractivity contribution in [1.82, 2.24) is 4.90 Å². The lowest BCUT2D eigenvalue weighted by atomic mass is 10.1. The van der Waals surface area contributed by atoms with E-state index in [1.807, 2.05) is 37.3 Å². The predicted octanol–water partition coefficient (Wildman–Crippen LogP) is 3.06. The fraction of sp³-hybridized carbons (Fsp3) is 0.278. The average Bonchev–Trinajstić information content (AvgIpc) is 2.61. The molecule has 0 aliphatic rings. The molecule has 0 radical (unpaired) electrons. The maximum atomic E-state index is 12.3. The van der Waals surface area contributed by atoms with Gasteiger partial charge in [-0.1, -0.05) is 42.5 Å². The first kappa shape index (κ1) is 17.5. The van der Waals surface area contributed by atoms with Gasteiger partial charge in [-0.3, -0.25) is 14.9 Å². The van der Waals surface area contributed by atoms with Crippen LogP contribution in [0.3, 0.4) is 0 Å². The number of hydrogen-bond donors (Lipinski definition) is 0. The van der Waals surface area contributed by atoms with Crippen LogP contribution in [-0.2, 0) is 11.2 Å². The van der Waals surface area contributed by atoms with Crippen molar-refractivity contribution < 1.29 is 14.5 Å². The van der Waals surface area contributed by atoms with Gasteiger partial charge in [0.1, 0.15) is 0 Å². The number of carbonyl (C=O) groups excluding carboxylic acids is 1. The number of amides is 1. The summed E-state index contributed by atoms with van der Waals surface area (Å²) in [6.45, 7) is 2.83. The molecule has 6 heteroatoms. The Balaban J connectivity index is 1.91. The van der Waals surface area contributed by atoms with Gasteiger partial charge in [0.05, 0.1) is 4.92 Å². The van der Waals surface area contributed by atoms with Crippen molar-refractivity contribution in [3.63, 3.8) is 0 Å². The van der Waals surface area contributed by atoms with Crippen molar-refractivity contribution in [1.29, 1.82) is 0 Å². The first-order valence-electron chi connectivity index (χ1n) is 7.79. The first-order valence-corrected chi connectivity index (χ1v) is 7.79. The third-order valence-electron chi connectivity index (χ3n) is 3.66. The number of nitrogens with zero attached hydrogens (tertiary/aromatic N) is 2. The standard InChI is InChI=1S/C18H20N2O4/c1-2-19(13-12-15-8-4-3-5-9-15)18(21)14-24-17-11-7-6-10-16(17)20(22)23/h3-11H,2,12-14H2,1H3. The predicted molar refractivity (Wildman–Crippen MR) is 91.0 cm³/mol. The summed E-state index contributed by atoms with van der Waals surface area (Å²) >= 11 is 0. The van der Waals surface area contributed by atoms with Gasteiger partial charge in [0.15, 0.2) is 12.4 Å². The number of nitro benzene ring substituents is 1. The smallest absolute Gasteiger partial charge is 0.310 e. The van der Waals surface area contributed by atoms with Gasteiger partial charge in [0.2, 0.25) is 0 Å². The Hall–Kier alpha value is -2.89. The van der Waals surface area contributed by atoms with Crippen LogP contribution in [0.25, 0.3) is 0 Å². The molecule has 6 nitrogen and oxygen atoms in total. The number of hydrogen-bond acceptors (Lipinski definition) is 4. The molecular weight excluding hydrogens is 308 g/mol. The molecule has 0 saturated heterocycles. The van der Waals surface area contributed by atoms with Crippen LogP contribution in [0, 0.1) is 10.1 Å². The van der Waals surface area contributed by atoms with Crippen molar-refractivity contribution in [2.75, 3.05) is 19.7 Å². The minimum Gasteiger partial charge on any atom is -0.477 e. The Morgan fingerprint density at radius 2 is 1.79 bits per heavy atom. The molecule has 0 spiro atoms. The molecule has 0 aromatic heterocycles. The summed E-state index contributed by atoms with van der Waals surface area (Å²) in [5.74, 6) is -0.0819. The molecule has 0 aliphatic heterocycles. The van der Waals surface area contributed by atoms with E-state index in [0.717, 1.165) is 12.0 Å². The molecule has 0 saturated carbocycles. The van der Waals surface area contributed by atoms with Gasteiger partial charge in [-0.15, -0.1) is 0 Å². The number of carbonyl (C=O) groups is 1. The number of ether oxygens (including phenoxy) is 1. The van der Waals surface area contributed by atoms with Gasteiger partial charge < -0.3 is 9.64 Å². The van der Waals surface area contributed by atoms with Crippen molar-refractivity contribution in [3.8, 4) is 5.75 Å². The summed E-state index contributed by atoms with van der Waals surface area (Å²) in [6.07, 6.45) is 0.756. The molecule has 0 bridgehead atoms.